The van der Waals surface area contributed by atoms with Gasteiger partial charge in [0.25, 0.3) is 0 Å². The molecular formula is C18H17ClN2O4S. The normalized spacial score (nSPS) is 11.5. The van der Waals surface area contributed by atoms with E-state index >= 15 is 0 Å². The lowest BCUT2D eigenvalue weighted by Crippen LogP contribution is -2.00. The van der Waals surface area contributed by atoms with Gasteiger partial charge in [-0.1, -0.05) is 12.1 Å². The van der Waals surface area contributed by atoms with Crippen LogP contribution in [-0.2, 0) is 16.3 Å². The molecule has 26 heavy (non-hydrogen) atoms. The summed E-state index contributed by atoms with van der Waals surface area (Å²) in [4.78, 5) is 8.86. The summed E-state index contributed by atoms with van der Waals surface area (Å²) in [7, 11) is -0.116. The summed E-state index contributed by atoms with van der Waals surface area (Å²) >= 11 is 6.07. The van der Waals surface area contributed by atoms with Gasteiger partial charge in [-0.25, -0.2) is 18.4 Å². The Morgan fingerprint density at radius 3 is 2.19 bits per heavy atom. The number of hydrogen-bond acceptors (Lipinski definition) is 6. The summed E-state index contributed by atoms with van der Waals surface area (Å²) < 4.78 is 33.8. The Labute approximate surface area is 156 Å². The molecule has 1 aromatic heterocycles. The molecule has 0 atom stereocenters. The standard InChI is InChI=1S/C18H17ClN2O4S/c1-24-16-9-13-14(20-18(19)21-15(13)10-17(16)25-2)8-11-4-6-12(7-5-11)26(3,22)23/h4-7,9-10H,8H2,1-3H3. The van der Waals surface area contributed by atoms with E-state index in [1.54, 1.807) is 44.6 Å². The molecule has 6 nitrogen and oxygen atoms in total. The molecular weight excluding hydrogens is 376 g/mol. The first-order chi connectivity index (χ1) is 12.3. The molecule has 0 unspecified atom stereocenters. The number of fused-ring (bicyclic) bond motifs is 1. The monoisotopic (exact) mass is 392 g/mol. The number of halogens is 1. The van der Waals surface area contributed by atoms with Crippen molar-refractivity contribution in [2.45, 2.75) is 11.3 Å². The lowest BCUT2D eigenvalue weighted by atomic mass is 10.1. The smallest absolute Gasteiger partial charge is 0.223 e. The lowest BCUT2D eigenvalue weighted by molar-refractivity contribution is 0.355. The van der Waals surface area contributed by atoms with Crippen molar-refractivity contribution in [1.82, 2.24) is 9.97 Å². The molecule has 0 aliphatic carbocycles. The van der Waals surface area contributed by atoms with E-state index in [4.69, 9.17) is 21.1 Å². The maximum Gasteiger partial charge on any atom is 0.223 e. The largest absolute Gasteiger partial charge is 0.493 e. The lowest BCUT2D eigenvalue weighted by Gasteiger charge is -2.12. The van der Waals surface area contributed by atoms with Crippen molar-refractivity contribution in [1.29, 1.82) is 0 Å². The SMILES string of the molecule is COc1cc2nc(Cl)nc(Cc3ccc(S(C)(=O)=O)cc3)c2cc1OC. The van der Waals surface area contributed by atoms with Crippen LogP contribution in [0, 0.1) is 0 Å². The number of methoxy groups -OCH3 is 2. The molecule has 8 heteroatoms. The summed E-state index contributed by atoms with van der Waals surface area (Å²) in [6, 6.07) is 10.2. The Balaban J connectivity index is 2.06. The van der Waals surface area contributed by atoms with Crippen LogP contribution in [0.15, 0.2) is 41.3 Å². The minimum absolute atomic E-state index is 0.132. The summed E-state index contributed by atoms with van der Waals surface area (Å²) in [5.74, 6) is 1.12. The van der Waals surface area contributed by atoms with Crippen molar-refractivity contribution < 1.29 is 17.9 Å². The molecule has 0 N–H and O–H groups in total. The van der Waals surface area contributed by atoms with E-state index in [-0.39, 0.29) is 10.2 Å². The molecule has 0 saturated carbocycles. The second-order valence-corrected chi connectivity index (χ2v) is 8.11. The van der Waals surface area contributed by atoms with E-state index in [0.717, 1.165) is 10.9 Å². The average Bonchev–Trinajstić information content (AvgIpc) is 2.60. The zero-order valence-electron chi connectivity index (χ0n) is 14.5. The van der Waals surface area contributed by atoms with E-state index in [2.05, 4.69) is 9.97 Å². The van der Waals surface area contributed by atoms with Crippen molar-refractivity contribution in [3.8, 4) is 11.5 Å². The highest BCUT2D eigenvalue weighted by Gasteiger charge is 2.14. The third-order valence-corrected chi connectivity index (χ3v) is 5.27. The van der Waals surface area contributed by atoms with Gasteiger partial charge >= 0.3 is 0 Å². The molecule has 2 aromatic carbocycles. The molecule has 1 heterocycles. The fourth-order valence-electron chi connectivity index (χ4n) is 2.67. The Kier molecular flexibility index (Phi) is 5.02. The van der Waals surface area contributed by atoms with Gasteiger partial charge in [0.15, 0.2) is 21.3 Å². The van der Waals surface area contributed by atoms with Gasteiger partial charge in [-0.15, -0.1) is 0 Å². The van der Waals surface area contributed by atoms with Crippen LogP contribution in [0.5, 0.6) is 11.5 Å². The van der Waals surface area contributed by atoms with Gasteiger partial charge in [0.1, 0.15) is 0 Å². The molecule has 0 bridgehead atoms. The second kappa shape index (κ2) is 7.09. The first-order valence-electron chi connectivity index (χ1n) is 7.69. The van der Waals surface area contributed by atoms with Crippen LogP contribution in [0.4, 0.5) is 0 Å². The maximum absolute atomic E-state index is 11.6. The molecule has 136 valence electrons. The number of benzene rings is 2. The third kappa shape index (κ3) is 3.73. The summed E-state index contributed by atoms with van der Waals surface area (Å²) in [5.41, 5.74) is 2.27. The van der Waals surface area contributed by atoms with Crippen LogP contribution >= 0.6 is 11.6 Å². The number of aromatic nitrogens is 2. The van der Waals surface area contributed by atoms with Crippen molar-refractivity contribution in [3.05, 3.63) is 52.9 Å². The molecule has 3 aromatic rings. The number of nitrogens with zero attached hydrogens (tertiary/aromatic N) is 2. The van der Waals surface area contributed by atoms with Crippen LogP contribution in [0.25, 0.3) is 10.9 Å². The van der Waals surface area contributed by atoms with Gasteiger partial charge < -0.3 is 9.47 Å². The first kappa shape index (κ1) is 18.4. The van der Waals surface area contributed by atoms with Gasteiger partial charge in [-0.05, 0) is 35.4 Å². The van der Waals surface area contributed by atoms with Crippen molar-refractivity contribution in [2.24, 2.45) is 0 Å². The second-order valence-electron chi connectivity index (χ2n) is 5.76. The summed E-state index contributed by atoms with van der Waals surface area (Å²) in [6.07, 6.45) is 1.65. The van der Waals surface area contributed by atoms with Gasteiger partial charge in [0, 0.05) is 24.1 Å². The highest BCUT2D eigenvalue weighted by atomic mass is 35.5. The molecule has 0 aliphatic heterocycles. The summed E-state index contributed by atoms with van der Waals surface area (Å²) in [6.45, 7) is 0. The quantitative estimate of drug-likeness (QED) is 0.620. The number of rotatable bonds is 5. The topological polar surface area (TPSA) is 78.4 Å². The minimum Gasteiger partial charge on any atom is -0.493 e. The maximum atomic E-state index is 11.6. The molecule has 0 fully saturated rings. The average molecular weight is 393 g/mol. The van der Waals surface area contributed by atoms with Crippen LogP contribution in [0.1, 0.15) is 11.3 Å². The fraction of sp³-hybridized carbons (Fsp3) is 0.222. The van der Waals surface area contributed by atoms with E-state index in [1.807, 2.05) is 6.07 Å². The van der Waals surface area contributed by atoms with E-state index in [1.165, 1.54) is 6.26 Å². The van der Waals surface area contributed by atoms with Gasteiger partial charge in [0.2, 0.25) is 5.28 Å². The molecule has 3 rings (SSSR count). The highest BCUT2D eigenvalue weighted by molar-refractivity contribution is 7.90. The number of ether oxygens (including phenoxy) is 2. The molecule has 0 spiro atoms. The Morgan fingerprint density at radius 2 is 1.62 bits per heavy atom. The molecule has 0 aliphatic rings. The van der Waals surface area contributed by atoms with Crippen LogP contribution in [0.3, 0.4) is 0 Å². The highest BCUT2D eigenvalue weighted by Crippen LogP contribution is 2.33. The van der Waals surface area contributed by atoms with Crippen molar-refractivity contribution in [2.75, 3.05) is 20.5 Å². The van der Waals surface area contributed by atoms with Crippen LogP contribution < -0.4 is 9.47 Å². The predicted molar refractivity (Wildman–Crippen MR) is 100 cm³/mol. The van der Waals surface area contributed by atoms with E-state index < -0.39 is 9.84 Å². The predicted octanol–water partition coefficient (Wildman–Crippen LogP) is 3.29. The van der Waals surface area contributed by atoms with Gasteiger partial charge in [0.05, 0.1) is 30.3 Å². The number of hydrogen-bond donors (Lipinski definition) is 0. The minimum atomic E-state index is -3.23. The van der Waals surface area contributed by atoms with E-state index in [9.17, 15) is 8.42 Å². The van der Waals surface area contributed by atoms with Crippen LogP contribution in [-0.4, -0.2) is 38.9 Å². The Bertz CT molecular complexity index is 1070. The number of sulfone groups is 1. The van der Waals surface area contributed by atoms with Crippen molar-refractivity contribution >= 4 is 32.3 Å². The molecule has 0 amide bonds. The van der Waals surface area contributed by atoms with Crippen molar-refractivity contribution in [3.63, 3.8) is 0 Å². The Morgan fingerprint density at radius 1 is 1.00 bits per heavy atom. The third-order valence-electron chi connectivity index (χ3n) is 3.98. The molecule has 0 saturated heterocycles. The Hall–Kier alpha value is -2.38. The first-order valence-corrected chi connectivity index (χ1v) is 9.96. The zero-order valence-corrected chi connectivity index (χ0v) is 16.1. The van der Waals surface area contributed by atoms with E-state index in [0.29, 0.717) is 29.1 Å². The van der Waals surface area contributed by atoms with Gasteiger partial charge in [-0.2, -0.15) is 0 Å². The fourth-order valence-corrected chi connectivity index (χ4v) is 3.49. The zero-order chi connectivity index (χ0) is 18.9. The molecule has 0 radical (unpaired) electrons. The summed E-state index contributed by atoms with van der Waals surface area (Å²) in [5, 5.41) is 0.923. The van der Waals surface area contributed by atoms with Gasteiger partial charge in [-0.3, -0.25) is 0 Å². The van der Waals surface area contributed by atoms with Crippen LogP contribution in [0.2, 0.25) is 5.28 Å².